The highest BCUT2D eigenvalue weighted by atomic mass is 16.5. The van der Waals surface area contributed by atoms with E-state index in [1.54, 1.807) is 6.20 Å². The van der Waals surface area contributed by atoms with Gasteiger partial charge in [0, 0.05) is 31.7 Å². The molecule has 110 valence electrons. The summed E-state index contributed by atoms with van der Waals surface area (Å²) in [6.45, 7) is 1.48. The molecule has 2 N–H and O–H groups in total. The first kappa shape index (κ1) is 13.6. The number of H-pyrrole nitrogens is 1. The van der Waals surface area contributed by atoms with Crippen LogP contribution in [-0.4, -0.2) is 33.9 Å². The summed E-state index contributed by atoms with van der Waals surface area (Å²) in [5, 5.41) is 7.05. The maximum Gasteiger partial charge on any atom is 0.257 e. The Morgan fingerprint density at radius 1 is 1.38 bits per heavy atom. The molecule has 7 heteroatoms. The molecular weight excluding hydrogens is 272 g/mol. The molecule has 0 aromatic carbocycles. The molecular formula is C14H16N4O3. The SMILES string of the molecule is O=C(Nc1cnn(C2CCOCC2)c1)c1ccc(=O)[nH]c1. The predicted molar refractivity (Wildman–Crippen MR) is 76.3 cm³/mol. The van der Waals surface area contributed by atoms with Crippen LogP contribution in [0.5, 0.6) is 0 Å². The number of hydrogen-bond donors (Lipinski definition) is 2. The van der Waals surface area contributed by atoms with E-state index in [0.29, 0.717) is 17.3 Å². The van der Waals surface area contributed by atoms with Gasteiger partial charge >= 0.3 is 0 Å². The van der Waals surface area contributed by atoms with Gasteiger partial charge in [-0.1, -0.05) is 0 Å². The fraction of sp³-hybridized carbons (Fsp3) is 0.357. The number of anilines is 1. The van der Waals surface area contributed by atoms with E-state index in [9.17, 15) is 9.59 Å². The summed E-state index contributed by atoms with van der Waals surface area (Å²) in [5.41, 5.74) is 0.796. The summed E-state index contributed by atoms with van der Waals surface area (Å²) in [7, 11) is 0. The minimum absolute atomic E-state index is 0.237. The van der Waals surface area contributed by atoms with Crippen LogP contribution in [0.15, 0.2) is 35.5 Å². The number of nitrogens with zero attached hydrogens (tertiary/aromatic N) is 2. The highest BCUT2D eigenvalue weighted by Crippen LogP contribution is 2.21. The second kappa shape index (κ2) is 5.92. The molecule has 0 aliphatic carbocycles. The summed E-state index contributed by atoms with van der Waals surface area (Å²) in [6, 6.07) is 3.12. The molecule has 1 aliphatic rings. The van der Waals surface area contributed by atoms with Gasteiger partial charge in [-0.3, -0.25) is 14.3 Å². The number of carbonyl (C=O) groups excluding carboxylic acids is 1. The van der Waals surface area contributed by atoms with Crippen molar-refractivity contribution >= 4 is 11.6 Å². The molecule has 1 amide bonds. The van der Waals surface area contributed by atoms with E-state index in [-0.39, 0.29) is 11.5 Å². The van der Waals surface area contributed by atoms with Gasteiger partial charge in [0.2, 0.25) is 5.56 Å². The Hall–Kier alpha value is -2.41. The van der Waals surface area contributed by atoms with Crippen molar-refractivity contribution in [3.63, 3.8) is 0 Å². The van der Waals surface area contributed by atoms with Crippen molar-refractivity contribution in [1.82, 2.24) is 14.8 Å². The molecule has 0 atom stereocenters. The molecule has 0 bridgehead atoms. The van der Waals surface area contributed by atoms with Crippen LogP contribution < -0.4 is 10.9 Å². The first-order valence-electron chi connectivity index (χ1n) is 6.84. The molecule has 1 aliphatic heterocycles. The number of hydrogen-bond acceptors (Lipinski definition) is 4. The lowest BCUT2D eigenvalue weighted by Crippen LogP contribution is -2.19. The third-order valence-corrected chi connectivity index (χ3v) is 3.47. The Morgan fingerprint density at radius 2 is 2.19 bits per heavy atom. The topological polar surface area (TPSA) is 89.0 Å². The maximum absolute atomic E-state index is 12.0. The number of aromatic nitrogens is 3. The average molecular weight is 288 g/mol. The number of carbonyl (C=O) groups is 1. The molecule has 0 spiro atoms. The van der Waals surface area contributed by atoms with Crippen molar-refractivity contribution in [2.75, 3.05) is 18.5 Å². The fourth-order valence-corrected chi connectivity index (χ4v) is 2.31. The van der Waals surface area contributed by atoms with Gasteiger partial charge in [-0.25, -0.2) is 0 Å². The van der Waals surface area contributed by atoms with Gasteiger partial charge in [0.05, 0.1) is 23.5 Å². The van der Waals surface area contributed by atoms with Crippen molar-refractivity contribution in [3.05, 3.63) is 46.6 Å². The first-order chi connectivity index (χ1) is 10.2. The summed E-state index contributed by atoms with van der Waals surface area (Å²) < 4.78 is 7.19. The molecule has 3 heterocycles. The van der Waals surface area contributed by atoms with Gasteiger partial charge < -0.3 is 15.0 Å². The van der Waals surface area contributed by atoms with E-state index in [1.165, 1.54) is 18.3 Å². The van der Waals surface area contributed by atoms with E-state index in [1.807, 2.05) is 10.9 Å². The van der Waals surface area contributed by atoms with Crippen molar-refractivity contribution in [2.24, 2.45) is 0 Å². The molecule has 0 radical (unpaired) electrons. The van der Waals surface area contributed by atoms with Gasteiger partial charge in [-0.2, -0.15) is 5.10 Å². The zero-order chi connectivity index (χ0) is 14.7. The van der Waals surface area contributed by atoms with Gasteiger partial charge in [0.1, 0.15) is 0 Å². The average Bonchev–Trinajstić information content (AvgIpc) is 2.97. The highest BCUT2D eigenvalue weighted by Gasteiger charge is 2.17. The molecule has 0 unspecified atom stereocenters. The van der Waals surface area contributed by atoms with Crippen molar-refractivity contribution in [1.29, 1.82) is 0 Å². The minimum Gasteiger partial charge on any atom is -0.381 e. The van der Waals surface area contributed by atoms with E-state index in [2.05, 4.69) is 15.4 Å². The Kier molecular flexibility index (Phi) is 3.83. The molecule has 3 rings (SSSR count). The highest BCUT2D eigenvalue weighted by molar-refractivity contribution is 6.03. The number of nitrogens with one attached hydrogen (secondary N) is 2. The largest absolute Gasteiger partial charge is 0.381 e. The van der Waals surface area contributed by atoms with Crippen LogP contribution in [0.1, 0.15) is 29.2 Å². The van der Waals surface area contributed by atoms with Gasteiger partial charge in [0.25, 0.3) is 5.91 Å². The van der Waals surface area contributed by atoms with Crippen LogP contribution in [0.4, 0.5) is 5.69 Å². The number of ether oxygens (including phenoxy) is 1. The molecule has 2 aromatic rings. The number of amides is 1. The quantitative estimate of drug-likeness (QED) is 0.887. The Labute approximate surface area is 120 Å². The number of rotatable bonds is 3. The van der Waals surface area contributed by atoms with Crippen molar-refractivity contribution in [2.45, 2.75) is 18.9 Å². The Balaban J connectivity index is 1.67. The van der Waals surface area contributed by atoms with Gasteiger partial charge in [0.15, 0.2) is 0 Å². The monoisotopic (exact) mass is 288 g/mol. The summed E-state index contributed by atoms with van der Waals surface area (Å²) in [4.78, 5) is 25.5. The lowest BCUT2D eigenvalue weighted by atomic mass is 10.1. The maximum atomic E-state index is 12.0. The lowest BCUT2D eigenvalue weighted by molar-refractivity contribution is 0.0662. The zero-order valence-corrected chi connectivity index (χ0v) is 11.4. The van der Waals surface area contributed by atoms with Crippen molar-refractivity contribution in [3.8, 4) is 0 Å². The smallest absolute Gasteiger partial charge is 0.257 e. The second-order valence-electron chi connectivity index (χ2n) is 4.95. The van der Waals surface area contributed by atoms with E-state index >= 15 is 0 Å². The third-order valence-electron chi connectivity index (χ3n) is 3.47. The van der Waals surface area contributed by atoms with E-state index in [0.717, 1.165) is 26.1 Å². The molecule has 2 aromatic heterocycles. The third kappa shape index (κ3) is 3.19. The van der Waals surface area contributed by atoms with Crippen LogP contribution in [0, 0.1) is 0 Å². The van der Waals surface area contributed by atoms with Crippen LogP contribution in [0.3, 0.4) is 0 Å². The summed E-state index contributed by atoms with van der Waals surface area (Å²) in [5.74, 6) is -0.280. The van der Waals surface area contributed by atoms with Gasteiger partial charge in [-0.05, 0) is 18.9 Å². The molecule has 1 saturated heterocycles. The van der Waals surface area contributed by atoms with E-state index in [4.69, 9.17) is 4.74 Å². The molecule has 1 fully saturated rings. The minimum atomic E-state index is -0.280. The molecule has 21 heavy (non-hydrogen) atoms. The number of pyridine rings is 1. The lowest BCUT2D eigenvalue weighted by Gasteiger charge is -2.22. The Bertz CT molecular complexity index is 665. The summed E-state index contributed by atoms with van der Waals surface area (Å²) >= 11 is 0. The zero-order valence-electron chi connectivity index (χ0n) is 11.4. The first-order valence-corrected chi connectivity index (χ1v) is 6.84. The van der Waals surface area contributed by atoms with Crippen LogP contribution >= 0.6 is 0 Å². The molecule has 0 saturated carbocycles. The Morgan fingerprint density at radius 3 is 2.90 bits per heavy atom. The van der Waals surface area contributed by atoms with Crippen molar-refractivity contribution < 1.29 is 9.53 Å². The summed E-state index contributed by atoms with van der Waals surface area (Å²) in [6.07, 6.45) is 6.68. The van der Waals surface area contributed by atoms with Crippen LogP contribution in [0.2, 0.25) is 0 Å². The van der Waals surface area contributed by atoms with Crippen LogP contribution in [0.25, 0.3) is 0 Å². The fourth-order valence-electron chi connectivity index (χ4n) is 2.31. The second-order valence-corrected chi connectivity index (χ2v) is 4.95. The molecule has 7 nitrogen and oxygen atoms in total. The van der Waals surface area contributed by atoms with Gasteiger partial charge in [-0.15, -0.1) is 0 Å². The normalized spacial score (nSPS) is 15.8. The van der Waals surface area contributed by atoms with E-state index < -0.39 is 0 Å². The van der Waals surface area contributed by atoms with Crippen LogP contribution in [-0.2, 0) is 4.74 Å². The number of aromatic amines is 1. The standard InChI is InChI=1S/C14H16N4O3/c19-13-2-1-10(7-15-13)14(20)17-11-8-16-18(9-11)12-3-5-21-6-4-12/h1-2,7-9,12H,3-6H2,(H,15,19)(H,17,20). The predicted octanol–water partition coefficient (Wildman–Crippen LogP) is 1.18.